The van der Waals surface area contributed by atoms with Gasteiger partial charge in [-0.1, -0.05) is 13.3 Å². The zero-order chi connectivity index (χ0) is 24.7. The molecule has 1 aromatic carbocycles. The van der Waals surface area contributed by atoms with Gasteiger partial charge >= 0.3 is 0 Å². The van der Waals surface area contributed by atoms with Crippen molar-refractivity contribution in [3.05, 3.63) is 53.2 Å². The summed E-state index contributed by atoms with van der Waals surface area (Å²) in [5.41, 5.74) is 9.08. The summed E-state index contributed by atoms with van der Waals surface area (Å²) in [5, 5.41) is 14.6. The molecule has 3 unspecified atom stereocenters. The summed E-state index contributed by atoms with van der Waals surface area (Å²) in [7, 11) is 1.78. The number of benzene rings is 1. The summed E-state index contributed by atoms with van der Waals surface area (Å²) in [4.78, 5) is 4.34. The van der Waals surface area contributed by atoms with E-state index in [2.05, 4.69) is 18.0 Å². The molecule has 0 amide bonds. The van der Waals surface area contributed by atoms with E-state index >= 15 is 0 Å². The van der Waals surface area contributed by atoms with Crippen molar-refractivity contribution in [1.82, 2.24) is 14.8 Å². The summed E-state index contributed by atoms with van der Waals surface area (Å²) in [6.45, 7) is 4.10. The SMILES string of the molecule is CC1CCCC2(CCc3nn(C)c(C#N)c3-c3cnc(N)c(c3)OC(C)c3cc(F)ccc3O2)C1. The lowest BCUT2D eigenvalue weighted by atomic mass is 9.75. The lowest BCUT2D eigenvalue weighted by Gasteiger charge is -2.41. The minimum atomic E-state index is -0.539. The fourth-order valence-electron chi connectivity index (χ4n) is 5.62. The fourth-order valence-corrected chi connectivity index (χ4v) is 5.62. The number of fused-ring (bicyclic) bond motifs is 5. The van der Waals surface area contributed by atoms with Gasteiger partial charge in [0.25, 0.3) is 0 Å². The molecule has 2 N–H and O–H groups in total. The third-order valence-electron chi connectivity index (χ3n) is 7.30. The van der Waals surface area contributed by atoms with Crippen LogP contribution in [0.25, 0.3) is 11.1 Å². The predicted molar refractivity (Wildman–Crippen MR) is 130 cm³/mol. The number of halogens is 1. The molecule has 1 spiro atoms. The van der Waals surface area contributed by atoms with Crippen LogP contribution in [0.4, 0.5) is 10.2 Å². The Labute approximate surface area is 204 Å². The molecule has 7 nitrogen and oxygen atoms in total. The van der Waals surface area contributed by atoms with Crippen molar-refractivity contribution in [2.24, 2.45) is 13.0 Å². The summed E-state index contributed by atoms with van der Waals surface area (Å²) < 4.78 is 29.0. The van der Waals surface area contributed by atoms with Gasteiger partial charge in [0.15, 0.2) is 11.6 Å². The van der Waals surface area contributed by atoms with Crippen LogP contribution < -0.4 is 15.2 Å². The van der Waals surface area contributed by atoms with Gasteiger partial charge in [-0.25, -0.2) is 9.37 Å². The van der Waals surface area contributed by atoms with Gasteiger partial charge in [0.05, 0.1) is 5.69 Å². The number of rotatable bonds is 0. The van der Waals surface area contributed by atoms with E-state index < -0.39 is 11.7 Å². The summed E-state index contributed by atoms with van der Waals surface area (Å²) in [6, 6.07) is 8.67. The Morgan fingerprint density at radius 3 is 2.83 bits per heavy atom. The molecular formula is C27H30FN5O2. The highest BCUT2D eigenvalue weighted by Gasteiger charge is 2.38. The lowest BCUT2D eigenvalue weighted by Crippen LogP contribution is -2.41. The molecule has 1 aliphatic heterocycles. The molecular weight excluding hydrogens is 445 g/mol. The van der Waals surface area contributed by atoms with Crippen LogP contribution in [0.15, 0.2) is 30.5 Å². The van der Waals surface area contributed by atoms with Gasteiger partial charge in [0, 0.05) is 29.9 Å². The number of nitrogens with zero attached hydrogens (tertiary/aromatic N) is 4. The average molecular weight is 476 g/mol. The molecule has 8 heteroatoms. The summed E-state index contributed by atoms with van der Waals surface area (Å²) in [5.74, 6) is 1.36. The smallest absolute Gasteiger partial charge is 0.166 e. The Morgan fingerprint density at radius 1 is 1.23 bits per heavy atom. The molecule has 5 rings (SSSR count). The molecule has 2 aromatic heterocycles. The topological polar surface area (TPSA) is 99.0 Å². The van der Waals surface area contributed by atoms with E-state index in [-0.39, 0.29) is 11.6 Å². The molecule has 1 aliphatic carbocycles. The van der Waals surface area contributed by atoms with Crippen LogP contribution in [0.5, 0.6) is 11.5 Å². The Kier molecular flexibility index (Phi) is 5.87. The Hall–Kier alpha value is -3.60. The van der Waals surface area contributed by atoms with Crippen LogP contribution in [0.2, 0.25) is 0 Å². The quantitative estimate of drug-likeness (QED) is 0.462. The van der Waals surface area contributed by atoms with E-state index in [1.54, 1.807) is 30.1 Å². The number of pyridine rings is 1. The molecule has 1 fully saturated rings. The zero-order valence-electron chi connectivity index (χ0n) is 20.3. The number of aryl methyl sites for hydroxylation is 2. The maximum Gasteiger partial charge on any atom is 0.166 e. The molecule has 2 bridgehead atoms. The second-order valence-electron chi connectivity index (χ2n) is 9.94. The molecule has 3 atom stereocenters. The highest BCUT2D eigenvalue weighted by Crippen LogP contribution is 2.43. The largest absolute Gasteiger partial charge is 0.487 e. The van der Waals surface area contributed by atoms with Gasteiger partial charge in [-0.05, 0) is 69.2 Å². The van der Waals surface area contributed by atoms with Crippen molar-refractivity contribution in [3.8, 4) is 28.7 Å². The van der Waals surface area contributed by atoms with Crippen molar-refractivity contribution in [1.29, 1.82) is 5.26 Å². The van der Waals surface area contributed by atoms with Gasteiger partial charge in [-0.3, -0.25) is 4.68 Å². The monoisotopic (exact) mass is 475 g/mol. The molecule has 3 aromatic rings. The van der Waals surface area contributed by atoms with Gasteiger partial charge < -0.3 is 15.2 Å². The number of nitrogens with two attached hydrogens (primary N) is 1. The van der Waals surface area contributed by atoms with Crippen molar-refractivity contribution < 1.29 is 13.9 Å². The predicted octanol–water partition coefficient (Wildman–Crippen LogP) is 5.49. The maximum atomic E-state index is 14.4. The molecule has 1 saturated carbocycles. The average Bonchev–Trinajstić information content (AvgIpc) is 3.15. The second kappa shape index (κ2) is 8.88. The Morgan fingerprint density at radius 2 is 2.06 bits per heavy atom. The van der Waals surface area contributed by atoms with E-state index in [1.807, 2.05) is 6.92 Å². The van der Waals surface area contributed by atoms with Crippen LogP contribution in [-0.2, 0) is 13.5 Å². The molecule has 0 saturated heterocycles. The minimum Gasteiger partial charge on any atom is -0.487 e. The first-order valence-corrected chi connectivity index (χ1v) is 12.2. The fraction of sp³-hybridized carbons (Fsp3) is 0.444. The van der Waals surface area contributed by atoms with Crippen LogP contribution in [0, 0.1) is 23.1 Å². The van der Waals surface area contributed by atoms with Crippen molar-refractivity contribution in [2.45, 2.75) is 64.1 Å². The number of nitrogen functional groups attached to an aromatic ring is 1. The Bertz CT molecular complexity index is 1310. The van der Waals surface area contributed by atoms with Crippen LogP contribution in [-0.4, -0.2) is 20.4 Å². The third-order valence-corrected chi connectivity index (χ3v) is 7.30. The first-order valence-electron chi connectivity index (χ1n) is 12.2. The second-order valence-corrected chi connectivity index (χ2v) is 9.94. The standard InChI is InChI=1S/C27H30FN5O2/c1-16-5-4-9-27(13-16)10-8-21-25(22(14-29)33(3)32-21)18-11-24(26(30)31-15-18)34-17(2)20-12-19(28)6-7-23(20)35-27/h6-7,11-12,15-17H,4-5,8-10,13H2,1-3H3,(H2,30,31). The molecule has 182 valence electrons. The Balaban J connectivity index is 1.70. The molecule has 2 aliphatic rings. The summed E-state index contributed by atoms with van der Waals surface area (Å²) in [6.07, 6.45) is 6.48. The zero-order valence-corrected chi connectivity index (χ0v) is 20.3. The van der Waals surface area contributed by atoms with E-state index in [4.69, 9.17) is 20.3 Å². The first-order chi connectivity index (χ1) is 16.8. The van der Waals surface area contributed by atoms with E-state index in [1.165, 1.54) is 12.1 Å². The number of aromatic nitrogens is 3. The van der Waals surface area contributed by atoms with Gasteiger partial charge in [0.1, 0.15) is 35.0 Å². The number of hydrogen-bond donors (Lipinski definition) is 1. The minimum absolute atomic E-state index is 0.218. The number of nitriles is 1. The van der Waals surface area contributed by atoms with Gasteiger partial charge in [-0.2, -0.15) is 10.4 Å². The van der Waals surface area contributed by atoms with Crippen molar-refractivity contribution in [3.63, 3.8) is 0 Å². The van der Waals surface area contributed by atoms with Gasteiger partial charge in [0.2, 0.25) is 0 Å². The molecule has 3 heterocycles. The maximum absolute atomic E-state index is 14.4. The first kappa shape index (κ1) is 23.2. The van der Waals surface area contributed by atoms with Crippen molar-refractivity contribution >= 4 is 5.82 Å². The van der Waals surface area contributed by atoms with Crippen LogP contribution in [0.3, 0.4) is 0 Å². The lowest BCUT2D eigenvalue weighted by molar-refractivity contribution is 0.00222. The third kappa shape index (κ3) is 4.31. The highest BCUT2D eigenvalue weighted by molar-refractivity contribution is 5.73. The normalized spacial score (nSPS) is 24.0. The summed E-state index contributed by atoms with van der Waals surface area (Å²) >= 11 is 0. The van der Waals surface area contributed by atoms with E-state index in [9.17, 15) is 9.65 Å². The number of anilines is 1. The molecule has 0 radical (unpaired) electrons. The number of hydrogen-bond acceptors (Lipinski definition) is 6. The van der Waals surface area contributed by atoms with Crippen LogP contribution >= 0.6 is 0 Å². The van der Waals surface area contributed by atoms with Crippen LogP contribution in [0.1, 0.15) is 69.0 Å². The highest BCUT2D eigenvalue weighted by atomic mass is 19.1. The van der Waals surface area contributed by atoms with E-state index in [0.717, 1.165) is 43.4 Å². The molecule has 35 heavy (non-hydrogen) atoms. The van der Waals surface area contributed by atoms with E-state index in [0.29, 0.717) is 40.7 Å². The van der Waals surface area contributed by atoms with Crippen molar-refractivity contribution in [2.75, 3.05) is 5.73 Å². The number of ether oxygens (including phenoxy) is 2. The van der Waals surface area contributed by atoms with Gasteiger partial charge in [-0.15, -0.1) is 0 Å².